The molecular weight excluding hydrogens is 294 g/mol. The minimum atomic E-state index is 0.0985. The van der Waals surface area contributed by atoms with Crippen LogP contribution in [0.4, 0.5) is 0 Å². The maximum Gasteiger partial charge on any atom is 0.138 e. The largest absolute Gasteiger partial charge is 0.489 e. The van der Waals surface area contributed by atoms with E-state index in [4.69, 9.17) is 9.47 Å². The Bertz CT molecular complexity index is 393. The number of rotatable bonds is 7. The monoisotopic (exact) mass is 313 g/mol. The van der Waals surface area contributed by atoms with E-state index in [2.05, 4.69) is 27.3 Å². The summed E-state index contributed by atoms with van der Waals surface area (Å²) in [5.74, 6) is 0.926. The third kappa shape index (κ3) is 3.97. The van der Waals surface area contributed by atoms with Gasteiger partial charge in [0, 0.05) is 25.3 Å². The maximum absolute atomic E-state index is 5.86. The Morgan fingerprint density at radius 2 is 2.22 bits per heavy atom. The minimum Gasteiger partial charge on any atom is -0.489 e. The van der Waals surface area contributed by atoms with E-state index in [9.17, 15) is 0 Å². The molecule has 0 saturated heterocycles. The van der Waals surface area contributed by atoms with Gasteiger partial charge in [0.1, 0.15) is 12.4 Å². The van der Waals surface area contributed by atoms with Crippen molar-refractivity contribution >= 4 is 15.9 Å². The van der Waals surface area contributed by atoms with Gasteiger partial charge in [0.2, 0.25) is 0 Å². The lowest BCUT2D eigenvalue weighted by Gasteiger charge is -2.16. The van der Waals surface area contributed by atoms with Gasteiger partial charge in [-0.25, -0.2) is 0 Å². The molecule has 1 fully saturated rings. The summed E-state index contributed by atoms with van der Waals surface area (Å²) in [6.07, 6.45) is 2.69. The van der Waals surface area contributed by atoms with Gasteiger partial charge in [0.15, 0.2) is 0 Å². The summed E-state index contributed by atoms with van der Waals surface area (Å²) < 4.78 is 12.1. The summed E-state index contributed by atoms with van der Waals surface area (Å²) in [4.78, 5) is 0. The molecule has 4 heteroatoms. The number of hydrogen-bond donors (Lipinski definition) is 1. The fourth-order valence-corrected chi connectivity index (χ4v) is 2.19. The molecule has 0 bridgehead atoms. The quantitative estimate of drug-likeness (QED) is 0.839. The van der Waals surface area contributed by atoms with Gasteiger partial charge in [-0.3, -0.25) is 0 Å². The van der Waals surface area contributed by atoms with Crippen LogP contribution in [-0.2, 0) is 11.3 Å². The summed E-state index contributed by atoms with van der Waals surface area (Å²) >= 11 is 3.55. The molecular formula is C14H20BrNO2. The molecule has 0 aromatic heterocycles. The average molecular weight is 314 g/mol. The number of halogens is 1. The Hall–Kier alpha value is -0.580. The van der Waals surface area contributed by atoms with Gasteiger partial charge in [-0.1, -0.05) is 12.1 Å². The van der Waals surface area contributed by atoms with E-state index in [1.807, 2.05) is 19.1 Å². The van der Waals surface area contributed by atoms with Crippen molar-refractivity contribution in [1.29, 1.82) is 0 Å². The number of para-hydroxylation sites is 1. The van der Waals surface area contributed by atoms with Crippen LogP contribution in [0.2, 0.25) is 0 Å². The van der Waals surface area contributed by atoms with Gasteiger partial charge in [0.25, 0.3) is 0 Å². The highest BCUT2D eigenvalue weighted by Gasteiger charge is 2.21. The molecule has 0 spiro atoms. The molecule has 0 aliphatic heterocycles. The highest BCUT2D eigenvalue weighted by atomic mass is 79.9. The molecule has 1 aromatic carbocycles. The number of benzene rings is 1. The minimum absolute atomic E-state index is 0.0985. The summed E-state index contributed by atoms with van der Waals surface area (Å²) in [6, 6.07) is 6.86. The second-order valence-corrected chi connectivity index (χ2v) is 5.59. The Labute approximate surface area is 117 Å². The summed E-state index contributed by atoms with van der Waals surface area (Å²) in [7, 11) is 1.70. The van der Waals surface area contributed by atoms with E-state index >= 15 is 0 Å². The zero-order chi connectivity index (χ0) is 13.0. The first-order valence-electron chi connectivity index (χ1n) is 6.37. The smallest absolute Gasteiger partial charge is 0.138 e. The molecule has 100 valence electrons. The van der Waals surface area contributed by atoms with Gasteiger partial charge in [-0.05, 0) is 41.8 Å². The molecule has 3 nitrogen and oxygen atoms in total. The van der Waals surface area contributed by atoms with Gasteiger partial charge >= 0.3 is 0 Å². The predicted octanol–water partition coefficient (Wildman–Crippen LogP) is 3.11. The zero-order valence-corrected chi connectivity index (χ0v) is 12.5. The molecule has 1 atom stereocenters. The second kappa shape index (κ2) is 6.55. The lowest BCUT2D eigenvalue weighted by Crippen LogP contribution is -2.19. The molecule has 1 aliphatic carbocycles. The van der Waals surface area contributed by atoms with Crippen molar-refractivity contribution in [3.05, 3.63) is 28.2 Å². The Morgan fingerprint density at radius 1 is 1.44 bits per heavy atom. The van der Waals surface area contributed by atoms with Crippen molar-refractivity contribution in [2.75, 3.05) is 13.7 Å². The lowest BCUT2D eigenvalue weighted by atomic mass is 10.2. The number of methoxy groups -OCH3 is 1. The predicted molar refractivity (Wildman–Crippen MR) is 76.0 cm³/mol. The molecule has 0 amide bonds. The molecule has 0 heterocycles. The number of ether oxygens (including phenoxy) is 2. The molecule has 1 aliphatic rings. The van der Waals surface area contributed by atoms with Crippen LogP contribution < -0.4 is 10.1 Å². The number of hydrogen-bond acceptors (Lipinski definition) is 3. The van der Waals surface area contributed by atoms with Crippen LogP contribution in [0.1, 0.15) is 25.3 Å². The van der Waals surface area contributed by atoms with E-state index in [0.717, 1.165) is 16.8 Å². The third-order valence-corrected chi connectivity index (χ3v) is 3.70. The van der Waals surface area contributed by atoms with Gasteiger partial charge in [0.05, 0.1) is 10.6 Å². The van der Waals surface area contributed by atoms with Crippen molar-refractivity contribution in [1.82, 2.24) is 5.32 Å². The van der Waals surface area contributed by atoms with Crippen LogP contribution in [0.25, 0.3) is 0 Å². The summed E-state index contributed by atoms with van der Waals surface area (Å²) in [6.45, 7) is 3.43. The van der Waals surface area contributed by atoms with E-state index in [1.165, 1.54) is 18.4 Å². The normalized spacial score (nSPS) is 16.6. The van der Waals surface area contributed by atoms with Crippen LogP contribution in [-0.4, -0.2) is 25.9 Å². The average Bonchev–Trinajstić information content (AvgIpc) is 3.18. The van der Waals surface area contributed by atoms with Crippen LogP contribution in [0.15, 0.2) is 22.7 Å². The molecule has 2 rings (SSSR count). The third-order valence-electron chi connectivity index (χ3n) is 3.07. The van der Waals surface area contributed by atoms with Crippen LogP contribution in [0.3, 0.4) is 0 Å². The standard InChI is InChI=1S/C14H20BrNO2/c1-10(17-2)9-18-14-11(4-3-5-13(14)15)8-16-12-6-7-12/h3-5,10,12,16H,6-9H2,1-2H3. The Kier molecular flexibility index (Phi) is 5.03. The maximum atomic E-state index is 5.86. The molecule has 1 unspecified atom stereocenters. The molecule has 1 aromatic rings. The van der Waals surface area contributed by atoms with Crippen LogP contribution >= 0.6 is 15.9 Å². The van der Waals surface area contributed by atoms with Crippen molar-refractivity contribution in [2.24, 2.45) is 0 Å². The van der Waals surface area contributed by atoms with Crippen molar-refractivity contribution in [3.63, 3.8) is 0 Å². The Morgan fingerprint density at radius 3 is 2.89 bits per heavy atom. The van der Waals surface area contributed by atoms with Crippen LogP contribution in [0, 0.1) is 0 Å². The first-order chi connectivity index (χ1) is 8.70. The zero-order valence-electron chi connectivity index (χ0n) is 10.9. The highest BCUT2D eigenvalue weighted by molar-refractivity contribution is 9.10. The molecule has 18 heavy (non-hydrogen) atoms. The second-order valence-electron chi connectivity index (χ2n) is 4.74. The summed E-state index contributed by atoms with van der Waals surface area (Å²) in [5, 5.41) is 3.51. The molecule has 0 radical (unpaired) electrons. The SMILES string of the molecule is COC(C)COc1c(Br)cccc1CNC1CC1. The van der Waals surface area contributed by atoms with Crippen molar-refractivity contribution < 1.29 is 9.47 Å². The van der Waals surface area contributed by atoms with Crippen LogP contribution in [0.5, 0.6) is 5.75 Å². The first-order valence-corrected chi connectivity index (χ1v) is 7.16. The number of nitrogens with one attached hydrogen (secondary N) is 1. The van der Waals surface area contributed by atoms with E-state index in [1.54, 1.807) is 7.11 Å². The van der Waals surface area contributed by atoms with Gasteiger partial charge < -0.3 is 14.8 Å². The lowest BCUT2D eigenvalue weighted by molar-refractivity contribution is 0.0710. The fourth-order valence-electron chi connectivity index (χ4n) is 1.66. The van der Waals surface area contributed by atoms with E-state index in [-0.39, 0.29) is 6.10 Å². The van der Waals surface area contributed by atoms with E-state index in [0.29, 0.717) is 12.6 Å². The Balaban J connectivity index is 1.99. The van der Waals surface area contributed by atoms with Crippen molar-refractivity contribution in [3.8, 4) is 5.75 Å². The van der Waals surface area contributed by atoms with Gasteiger partial charge in [-0.15, -0.1) is 0 Å². The topological polar surface area (TPSA) is 30.5 Å². The highest BCUT2D eigenvalue weighted by Crippen LogP contribution is 2.30. The summed E-state index contributed by atoms with van der Waals surface area (Å²) in [5.41, 5.74) is 1.19. The molecule has 1 N–H and O–H groups in total. The molecule has 1 saturated carbocycles. The van der Waals surface area contributed by atoms with E-state index < -0.39 is 0 Å². The fraction of sp³-hybridized carbons (Fsp3) is 0.571. The van der Waals surface area contributed by atoms with Crippen molar-refractivity contribution in [2.45, 2.75) is 38.5 Å². The first kappa shape index (κ1) is 13.8. The van der Waals surface area contributed by atoms with Gasteiger partial charge in [-0.2, -0.15) is 0 Å².